The second-order valence-corrected chi connectivity index (χ2v) is 7.76. The summed E-state index contributed by atoms with van der Waals surface area (Å²) in [6.45, 7) is 2.63. The molecule has 162 valence electrons. The average Bonchev–Trinajstić information content (AvgIpc) is 3.04. The number of amides is 3. The van der Waals surface area contributed by atoms with Gasteiger partial charge in [-0.2, -0.15) is 0 Å². The summed E-state index contributed by atoms with van der Waals surface area (Å²) < 4.78 is 5.38. The van der Waals surface area contributed by atoms with E-state index in [1.165, 1.54) is 11.0 Å². The van der Waals surface area contributed by atoms with Crippen LogP contribution in [0.1, 0.15) is 47.8 Å². The van der Waals surface area contributed by atoms with Gasteiger partial charge in [0, 0.05) is 12.1 Å². The van der Waals surface area contributed by atoms with E-state index < -0.39 is 0 Å². The maximum Gasteiger partial charge on any atom is 0.261 e. The van der Waals surface area contributed by atoms with Crippen LogP contribution in [0.2, 0.25) is 0 Å². The summed E-state index contributed by atoms with van der Waals surface area (Å²) >= 11 is 0. The molecule has 0 spiro atoms. The van der Waals surface area contributed by atoms with Crippen LogP contribution in [0.5, 0.6) is 5.75 Å². The number of fused-ring (bicyclic) bond motifs is 1. The van der Waals surface area contributed by atoms with Gasteiger partial charge in [-0.1, -0.05) is 48.0 Å². The third kappa shape index (κ3) is 4.25. The van der Waals surface area contributed by atoms with Crippen molar-refractivity contribution in [2.75, 3.05) is 13.7 Å². The lowest BCUT2D eigenvalue weighted by Gasteiger charge is -2.13. The predicted molar refractivity (Wildman–Crippen MR) is 121 cm³/mol. The summed E-state index contributed by atoms with van der Waals surface area (Å²) in [5.74, 6) is -0.230. The first-order valence-electron chi connectivity index (χ1n) is 10.4. The van der Waals surface area contributed by atoms with Crippen molar-refractivity contribution < 1.29 is 19.1 Å². The maximum atomic E-state index is 12.8. The van der Waals surface area contributed by atoms with Crippen molar-refractivity contribution in [1.82, 2.24) is 10.2 Å². The van der Waals surface area contributed by atoms with Crippen molar-refractivity contribution in [2.45, 2.75) is 19.9 Å². The molecule has 3 aromatic carbocycles. The van der Waals surface area contributed by atoms with Crippen LogP contribution < -0.4 is 10.1 Å². The van der Waals surface area contributed by atoms with Crippen molar-refractivity contribution in [3.8, 4) is 5.75 Å². The summed E-state index contributed by atoms with van der Waals surface area (Å²) in [7, 11) is 1.62. The number of methoxy groups -OCH3 is 1. The number of carbonyl (C=O) groups is 3. The normalized spacial score (nSPS) is 12.6. The second kappa shape index (κ2) is 9.06. The SMILES string of the molecule is COc1ccc(C)cc1CCNC(=O)c1ccc2c(c1)C(=O)N(Cc1ccccc1)C2=O. The molecule has 0 fully saturated rings. The van der Waals surface area contributed by atoms with Crippen LogP contribution in [0.4, 0.5) is 0 Å². The summed E-state index contributed by atoms with van der Waals surface area (Å²) in [4.78, 5) is 39.4. The molecule has 0 aromatic heterocycles. The Morgan fingerprint density at radius 2 is 1.69 bits per heavy atom. The van der Waals surface area contributed by atoms with Gasteiger partial charge in [-0.05, 0) is 48.7 Å². The first kappa shape index (κ1) is 21.3. The number of imide groups is 1. The van der Waals surface area contributed by atoms with Gasteiger partial charge in [-0.25, -0.2) is 0 Å². The zero-order chi connectivity index (χ0) is 22.7. The van der Waals surface area contributed by atoms with Gasteiger partial charge in [-0.15, -0.1) is 0 Å². The smallest absolute Gasteiger partial charge is 0.261 e. The molecule has 1 aliphatic rings. The number of carbonyl (C=O) groups excluding carboxylic acids is 3. The molecule has 3 amide bonds. The monoisotopic (exact) mass is 428 g/mol. The van der Waals surface area contributed by atoms with Crippen molar-refractivity contribution >= 4 is 17.7 Å². The number of benzene rings is 3. The molecular formula is C26H24N2O4. The number of hydrogen-bond donors (Lipinski definition) is 1. The van der Waals surface area contributed by atoms with Crippen LogP contribution >= 0.6 is 0 Å². The lowest BCUT2D eigenvalue weighted by atomic mass is 10.0. The Balaban J connectivity index is 1.44. The van der Waals surface area contributed by atoms with Gasteiger partial charge in [0.1, 0.15) is 5.75 Å². The molecule has 32 heavy (non-hydrogen) atoms. The van der Waals surface area contributed by atoms with E-state index in [0.717, 1.165) is 22.4 Å². The highest BCUT2D eigenvalue weighted by Gasteiger charge is 2.35. The molecule has 6 heteroatoms. The Morgan fingerprint density at radius 3 is 2.44 bits per heavy atom. The van der Waals surface area contributed by atoms with E-state index in [-0.39, 0.29) is 29.8 Å². The first-order valence-corrected chi connectivity index (χ1v) is 10.4. The van der Waals surface area contributed by atoms with Crippen LogP contribution in [0.25, 0.3) is 0 Å². The molecule has 0 aliphatic carbocycles. The molecule has 0 saturated carbocycles. The first-order chi connectivity index (χ1) is 15.5. The van der Waals surface area contributed by atoms with E-state index in [1.807, 2.05) is 55.5 Å². The average molecular weight is 428 g/mol. The van der Waals surface area contributed by atoms with Crippen molar-refractivity contribution in [2.24, 2.45) is 0 Å². The molecule has 0 radical (unpaired) electrons. The minimum Gasteiger partial charge on any atom is -0.496 e. The molecule has 3 aromatic rings. The van der Waals surface area contributed by atoms with E-state index >= 15 is 0 Å². The van der Waals surface area contributed by atoms with Crippen LogP contribution in [0.3, 0.4) is 0 Å². The number of nitrogens with one attached hydrogen (secondary N) is 1. The zero-order valence-corrected chi connectivity index (χ0v) is 18.1. The third-order valence-corrected chi connectivity index (χ3v) is 5.53. The molecular weight excluding hydrogens is 404 g/mol. The largest absolute Gasteiger partial charge is 0.496 e. The summed E-state index contributed by atoms with van der Waals surface area (Å²) in [5.41, 5.74) is 3.94. The quantitative estimate of drug-likeness (QED) is 0.581. The zero-order valence-electron chi connectivity index (χ0n) is 18.1. The fourth-order valence-electron chi connectivity index (χ4n) is 3.86. The van der Waals surface area contributed by atoms with Crippen LogP contribution in [0, 0.1) is 6.92 Å². The van der Waals surface area contributed by atoms with Gasteiger partial charge in [-0.3, -0.25) is 19.3 Å². The van der Waals surface area contributed by atoms with E-state index in [2.05, 4.69) is 5.32 Å². The molecule has 0 saturated heterocycles. The fourth-order valence-corrected chi connectivity index (χ4v) is 3.86. The van der Waals surface area contributed by atoms with Crippen molar-refractivity contribution in [3.63, 3.8) is 0 Å². The lowest BCUT2D eigenvalue weighted by Crippen LogP contribution is -2.29. The van der Waals surface area contributed by atoms with Gasteiger partial charge in [0.2, 0.25) is 0 Å². The van der Waals surface area contributed by atoms with Gasteiger partial charge >= 0.3 is 0 Å². The highest BCUT2D eigenvalue weighted by atomic mass is 16.5. The van der Waals surface area contributed by atoms with E-state index in [0.29, 0.717) is 24.1 Å². The van der Waals surface area contributed by atoms with Crippen LogP contribution in [0.15, 0.2) is 66.7 Å². The van der Waals surface area contributed by atoms with Gasteiger partial charge in [0.15, 0.2) is 0 Å². The number of hydrogen-bond acceptors (Lipinski definition) is 4. The Hall–Kier alpha value is -3.93. The highest BCUT2D eigenvalue weighted by molar-refractivity contribution is 6.22. The van der Waals surface area contributed by atoms with Crippen LogP contribution in [-0.4, -0.2) is 36.3 Å². The molecule has 6 nitrogen and oxygen atoms in total. The van der Waals surface area contributed by atoms with Gasteiger partial charge < -0.3 is 10.1 Å². The molecule has 0 atom stereocenters. The minimum atomic E-state index is -0.381. The predicted octanol–water partition coefficient (Wildman–Crippen LogP) is 3.77. The van der Waals surface area contributed by atoms with Crippen LogP contribution in [-0.2, 0) is 13.0 Å². The molecule has 0 unspecified atom stereocenters. The molecule has 4 rings (SSSR count). The number of nitrogens with zero attached hydrogens (tertiary/aromatic N) is 1. The highest BCUT2D eigenvalue weighted by Crippen LogP contribution is 2.26. The van der Waals surface area contributed by atoms with Gasteiger partial charge in [0.25, 0.3) is 17.7 Å². The molecule has 1 N–H and O–H groups in total. The van der Waals surface area contributed by atoms with E-state index in [1.54, 1.807) is 19.2 Å². The fraction of sp³-hybridized carbons (Fsp3) is 0.192. The Morgan fingerprint density at radius 1 is 0.938 bits per heavy atom. The Kier molecular flexibility index (Phi) is 6.03. The summed E-state index contributed by atoms with van der Waals surface area (Å²) in [6.07, 6.45) is 0.615. The van der Waals surface area contributed by atoms with Gasteiger partial charge in [0.05, 0.1) is 24.8 Å². The summed E-state index contributed by atoms with van der Waals surface area (Å²) in [5, 5.41) is 2.88. The Bertz CT molecular complexity index is 1190. The molecule has 1 heterocycles. The second-order valence-electron chi connectivity index (χ2n) is 7.76. The Labute approximate surface area is 186 Å². The lowest BCUT2D eigenvalue weighted by molar-refractivity contribution is 0.0642. The third-order valence-electron chi connectivity index (χ3n) is 5.53. The van der Waals surface area contributed by atoms with E-state index in [4.69, 9.17) is 4.74 Å². The minimum absolute atomic E-state index is 0.201. The van der Waals surface area contributed by atoms with Crippen molar-refractivity contribution in [1.29, 1.82) is 0 Å². The standard InChI is InChI=1S/C26H24N2O4/c1-17-8-11-23(32-2)19(14-17)12-13-27-24(29)20-9-10-21-22(15-20)26(31)28(25(21)30)16-18-6-4-3-5-7-18/h3-11,14-15H,12-13,16H2,1-2H3,(H,27,29). The molecule has 0 bridgehead atoms. The number of ether oxygens (including phenoxy) is 1. The number of aryl methyl sites for hydroxylation is 1. The molecule has 1 aliphatic heterocycles. The topological polar surface area (TPSA) is 75.7 Å². The van der Waals surface area contributed by atoms with E-state index in [9.17, 15) is 14.4 Å². The maximum absolute atomic E-state index is 12.8. The number of rotatable bonds is 7. The summed E-state index contributed by atoms with van der Waals surface area (Å²) in [6, 6.07) is 19.9. The van der Waals surface area contributed by atoms with Crippen molar-refractivity contribution in [3.05, 3.63) is 100 Å².